The fraction of sp³-hybridized carbons (Fsp3) is 0.467. The number of hydrogen-bond acceptors (Lipinski definition) is 7. The van der Waals surface area contributed by atoms with E-state index in [1.165, 1.54) is 31.4 Å². The number of alkyl carbamates (subject to hydrolysis) is 1. The minimum absolute atomic E-state index is 0.0853. The molecule has 0 aliphatic heterocycles. The first kappa shape index (κ1) is 19.8. The van der Waals surface area contributed by atoms with Crippen molar-refractivity contribution >= 4 is 22.2 Å². The Hall–Kier alpha value is -2.29. The van der Waals surface area contributed by atoms with Crippen LogP contribution in [0.2, 0.25) is 0 Å². The molecule has 0 spiro atoms. The molecule has 24 heavy (non-hydrogen) atoms. The summed E-state index contributed by atoms with van der Waals surface area (Å²) in [7, 11) is -2.46. The van der Waals surface area contributed by atoms with Gasteiger partial charge < -0.3 is 19.0 Å². The Morgan fingerprint density at radius 1 is 1.12 bits per heavy atom. The molecular weight excluding hydrogens is 338 g/mol. The minimum atomic E-state index is -3.65. The predicted octanol–water partition coefficient (Wildman–Crippen LogP) is 1.76. The van der Waals surface area contributed by atoms with Gasteiger partial charge in [0, 0.05) is 0 Å². The summed E-state index contributed by atoms with van der Waals surface area (Å²) >= 11 is 0. The molecule has 1 atom stereocenters. The van der Waals surface area contributed by atoms with Crippen molar-refractivity contribution in [1.82, 2.24) is 5.32 Å². The maximum atomic E-state index is 11.9. The normalized spacial score (nSPS) is 12.9. The van der Waals surface area contributed by atoms with Crippen molar-refractivity contribution in [3.8, 4) is 5.75 Å². The molecule has 1 N–H and O–H groups in total. The smallest absolute Gasteiger partial charge is 0.408 e. The number of carbonyl (C=O) groups is 2. The van der Waals surface area contributed by atoms with Crippen molar-refractivity contribution < 1.29 is 31.7 Å². The lowest BCUT2D eigenvalue weighted by molar-refractivity contribution is -0.143. The zero-order chi connectivity index (χ0) is 18.5. The number of benzene rings is 1. The van der Waals surface area contributed by atoms with Gasteiger partial charge in [0.1, 0.15) is 11.4 Å². The second-order valence-electron chi connectivity index (χ2n) is 5.96. The third kappa shape index (κ3) is 6.86. The molecular formula is C15H21NO7S. The molecule has 0 aliphatic rings. The van der Waals surface area contributed by atoms with Crippen LogP contribution in [0.1, 0.15) is 32.4 Å². The Morgan fingerprint density at radius 2 is 1.67 bits per heavy atom. The maximum absolute atomic E-state index is 11.9. The van der Waals surface area contributed by atoms with Gasteiger partial charge in [0.25, 0.3) is 0 Å². The van der Waals surface area contributed by atoms with Gasteiger partial charge >= 0.3 is 22.2 Å². The second kappa shape index (κ2) is 7.52. The summed E-state index contributed by atoms with van der Waals surface area (Å²) < 4.78 is 36.7. The minimum Gasteiger partial charge on any atom is -0.467 e. The van der Waals surface area contributed by atoms with Crippen LogP contribution in [0.15, 0.2) is 24.3 Å². The first-order chi connectivity index (χ1) is 10.9. The molecule has 1 unspecified atom stereocenters. The van der Waals surface area contributed by atoms with E-state index in [1.807, 2.05) is 0 Å². The second-order valence-corrected chi connectivity index (χ2v) is 7.53. The van der Waals surface area contributed by atoms with E-state index in [0.717, 1.165) is 6.26 Å². The maximum Gasteiger partial charge on any atom is 0.408 e. The molecule has 0 aliphatic carbocycles. The van der Waals surface area contributed by atoms with Gasteiger partial charge in [-0.3, -0.25) is 0 Å². The average Bonchev–Trinajstić information content (AvgIpc) is 2.41. The van der Waals surface area contributed by atoms with Crippen molar-refractivity contribution in [2.24, 2.45) is 0 Å². The summed E-state index contributed by atoms with van der Waals surface area (Å²) in [5, 5.41) is 2.41. The summed E-state index contributed by atoms with van der Waals surface area (Å²) in [5.41, 5.74) is -0.341. The third-order valence-electron chi connectivity index (χ3n) is 2.56. The van der Waals surface area contributed by atoms with Gasteiger partial charge in [-0.25, -0.2) is 9.59 Å². The molecule has 0 heterocycles. The molecule has 1 amide bonds. The Bertz CT molecular complexity index is 690. The summed E-state index contributed by atoms with van der Waals surface area (Å²) in [6, 6.07) is 4.52. The standard InChI is InChI=1S/C15H21NO7S/c1-15(2,3)22-14(18)16-12(13(17)21-4)10-6-8-11(9-7-10)23-24(5,19)20/h6-9,12H,1-5H3,(H,16,18). The monoisotopic (exact) mass is 359 g/mol. The Balaban J connectivity index is 2.96. The topological polar surface area (TPSA) is 108 Å². The lowest BCUT2D eigenvalue weighted by Gasteiger charge is -2.22. The summed E-state index contributed by atoms with van der Waals surface area (Å²) in [4.78, 5) is 23.8. The molecule has 0 radical (unpaired) electrons. The van der Waals surface area contributed by atoms with E-state index < -0.39 is 33.8 Å². The van der Waals surface area contributed by atoms with E-state index in [1.54, 1.807) is 20.8 Å². The molecule has 1 rings (SSSR count). The van der Waals surface area contributed by atoms with Gasteiger partial charge in [-0.15, -0.1) is 0 Å². The van der Waals surface area contributed by atoms with Crippen LogP contribution in [-0.2, 0) is 24.4 Å². The van der Waals surface area contributed by atoms with Crippen LogP contribution >= 0.6 is 0 Å². The number of methoxy groups -OCH3 is 1. The van der Waals surface area contributed by atoms with Crippen molar-refractivity contribution in [1.29, 1.82) is 0 Å². The van der Waals surface area contributed by atoms with Gasteiger partial charge in [-0.2, -0.15) is 8.42 Å². The summed E-state index contributed by atoms with van der Waals surface area (Å²) in [6.45, 7) is 5.07. The third-order valence-corrected chi connectivity index (χ3v) is 3.05. The van der Waals surface area contributed by atoms with E-state index >= 15 is 0 Å². The first-order valence-corrected chi connectivity index (χ1v) is 8.80. The van der Waals surface area contributed by atoms with E-state index in [4.69, 9.17) is 8.92 Å². The zero-order valence-corrected chi connectivity index (χ0v) is 15.0. The molecule has 0 fully saturated rings. The van der Waals surface area contributed by atoms with Gasteiger partial charge in [0.05, 0.1) is 13.4 Å². The molecule has 134 valence electrons. The molecule has 0 aromatic heterocycles. The van der Waals surface area contributed by atoms with E-state index in [9.17, 15) is 18.0 Å². The molecule has 0 saturated heterocycles. The van der Waals surface area contributed by atoms with Crippen LogP contribution in [-0.4, -0.2) is 39.4 Å². The molecule has 1 aromatic carbocycles. The first-order valence-electron chi connectivity index (χ1n) is 6.98. The van der Waals surface area contributed by atoms with E-state index in [2.05, 4.69) is 10.1 Å². The lowest BCUT2D eigenvalue weighted by atomic mass is 10.1. The van der Waals surface area contributed by atoms with Crippen molar-refractivity contribution in [3.63, 3.8) is 0 Å². The van der Waals surface area contributed by atoms with Gasteiger partial charge in [0.2, 0.25) is 0 Å². The van der Waals surface area contributed by atoms with Crippen LogP contribution in [0.25, 0.3) is 0 Å². The molecule has 8 nitrogen and oxygen atoms in total. The highest BCUT2D eigenvalue weighted by atomic mass is 32.2. The highest BCUT2D eigenvalue weighted by Gasteiger charge is 2.26. The lowest BCUT2D eigenvalue weighted by Crippen LogP contribution is -2.38. The average molecular weight is 359 g/mol. The quantitative estimate of drug-likeness (QED) is 0.630. The largest absolute Gasteiger partial charge is 0.467 e. The van der Waals surface area contributed by atoms with Crippen molar-refractivity contribution in [2.45, 2.75) is 32.4 Å². The van der Waals surface area contributed by atoms with Crippen LogP contribution in [0.4, 0.5) is 4.79 Å². The van der Waals surface area contributed by atoms with E-state index in [0.29, 0.717) is 5.56 Å². The molecule has 9 heteroatoms. The van der Waals surface area contributed by atoms with Crippen molar-refractivity contribution in [2.75, 3.05) is 13.4 Å². The number of carbonyl (C=O) groups excluding carboxylic acids is 2. The number of esters is 1. The Kier molecular flexibility index (Phi) is 6.19. The van der Waals surface area contributed by atoms with Crippen LogP contribution in [0.3, 0.4) is 0 Å². The number of hydrogen-bond donors (Lipinski definition) is 1. The fourth-order valence-electron chi connectivity index (χ4n) is 1.71. The Morgan fingerprint density at radius 3 is 2.08 bits per heavy atom. The SMILES string of the molecule is COC(=O)C(NC(=O)OC(C)(C)C)c1ccc(OS(C)(=O)=O)cc1. The zero-order valence-electron chi connectivity index (χ0n) is 14.2. The summed E-state index contributed by atoms with van der Waals surface area (Å²) in [6.07, 6.45) is 0.136. The van der Waals surface area contributed by atoms with Crippen LogP contribution in [0, 0.1) is 0 Å². The van der Waals surface area contributed by atoms with Gasteiger partial charge in [0.15, 0.2) is 6.04 Å². The van der Waals surface area contributed by atoms with Crippen LogP contribution < -0.4 is 9.50 Å². The number of rotatable bonds is 5. The molecule has 0 bridgehead atoms. The van der Waals surface area contributed by atoms with Gasteiger partial charge in [-0.05, 0) is 38.5 Å². The van der Waals surface area contributed by atoms with Crippen LogP contribution in [0.5, 0.6) is 5.75 Å². The summed E-state index contributed by atoms with van der Waals surface area (Å²) in [5.74, 6) is -0.611. The van der Waals surface area contributed by atoms with Crippen molar-refractivity contribution in [3.05, 3.63) is 29.8 Å². The highest BCUT2D eigenvalue weighted by Crippen LogP contribution is 2.20. The number of nitrogens with one attached hydrogen (secondary N) is 1. The molecule has 0 saturated carbocycles. The predicted molar refractivity (Wildman–Crippen MR) is 86.0 cm³/mol. The number of ether oxygens (including phenoxy) is 2. The molecule has 1 aromatic rings. The van der Waals surface area contributed by atoms with E-state index in [-0.39, 0.29) is 5.75 Å². The Labute approximate surface area is 141 Å². The fourth-order valence-corrected chi connectivity index (χ4v) is 2.17. The van der Waals surface area contributed by atoms with Gasteiger partial charge in [-0.1, -0.05) is 12.1 Å². The number of amides is 1. The highest BCUT2D eigenvalue weighted by molar-refractivity contribution is 7.86.